The van der Waals surface area contributed by atoms with Gasteiger partial charge in [-0.1, -0.05) is 24.3 Å². The maximum atomic E-state index is 11.9. The van der Waals surface area contributed by atoms with Gasteiger partial charge >= 0.3 is 0 Å². The summed E-state index contributed by atoms with van der Waals surface area (Å²) in [5.41, 5.74) is 3.80. The van der Waals surface area contributed by atoms with Gasteiger partial charge in [-0.25, -0.2) is 0 Å². The van der Waals surface area contributed by atoms with E-state index in [1.807, 2.05) is 48.7 Å². The number of amides is 1. The van der Waals surface area contributed by atoms with Crippen molar-refractivity contribution in [1.29, 1.82) is 5.26 Å². The molecule has 1 saturated heterocycles. The molecule has 1 N–H and O–H groups in total. The normalized spacial score (nSPS) is 16.7. The molecule has 3 aromatic rings. The van der Waals surface area contributed by atoms with Crippen LogP contribution >= 0.6 is 11.8 Å². The van der Waals surface area contributed by atoms with Crippen LogP contribution in [0.15, 0.2) is 54.7 Å². The summed E-state index contributed by atoms with van der Waals surface area (Å²) >= 11 is 0.743. The number of benzene rings is 2. The van der Waals surface area contributed by atoms with E-state index in [1.165, 1.54) is 0 Å². The van der Waals surface area contributed by atoms with Crippen LogP contribution in [-0.2, 0) is 17.8 Å². The highest BCUT2D eigenvalue weighted by atomic mass is 32.2. The highest BCUT2D eigenvalue weighted by Gasteiger charge is 2.31. The van der Waals surface area contributed by atoms with E-state index in [9.17, 15) is 9.59 Å². The second kappa shape index (κ2) is 6.70. The predicted molar refractivity (Wildman–Crippen MR) is 101 cm³/mol. The number of fused-ring (bicyclic) bond motifs is 1. The van der Waals surface area contributed by atoms with Gasteiger partial charge in [0.15, 0.2) is 0 Å². The average Bonchev–Trinajstić information content (AvgIpc) is 3.19. The lowest BCUT2D eigenvalue weighted by atomic mass is 10.0. The molecule has 2 aromatic carbocycles. The van der Waals surface area contributed by atoms with E-state index >= 15 is 0 Å². The number of rotatable bonds is 4. The second-order valence-electron chi connectivity index (χ2n) is 6.22. The number of nitriles is 1. The molecular weight excluding hydrogens is 346 g/mol. The van der Waals surface area contributed by atoms with Crippen LogP contribution in [0.4, 0.5) is 4.79 Å². The molecule has 6 heteroatoms. The third-order valence-electron chi connectivity index (χ3n) is 4.51. The van der Waals surface area contributed by atoms with Crippen LogP contribution in [0, 0.1) is 11.3 Å². The van der Waals surface area contributed by atoms with Gasteiger partial charge < -0.3 is 9.88 Å². The smallest absolute Gasteiger partial charge is 0.287 e. The third-order valence-corrected chi connectivity index (χ3v) is 5.30. The van der Waals surface area contributed by atoms with Crippen LogP contribution < -0.4 is 5.32 Å². The Morgan fingerprint density at radius 3 is 2.77 bits per heavy atom. The second-order valence-corrected chi connectivity index (χ2v) is 7.19. The van der Waals surface area contributed by atoms with Crippen LogP contribution in [-0.4, -0.2) is 21.0 Å². The molecule has 1 aliphatic rings. The Balaban J connectivity index is 1.63. The third kappa shape index (κ3) is 3.09. The lowest BCUT2D eigenvalue weighted by Crippen LogP contribution is -2.30. The number of nitrogens with one attached hydrogen (secondary N) is 1. The summed E-state index contributed by atoms with van der Waals surface area (Å²) in [5.74, 6) is 0. The van der Waals surface area contributed by atoms with Crippen LogP contribution in [0.25, 0.3) is 10.9 Å². The van der Waals surface area contributed by atoms with Crippen molar-refractivity contribution in [3.05, 3.63) is 71.4 Å². The highest BCUT2D eigenvalue weighted by molar-refractivity contribution is 8.26. The molecule has 0 spiro atoms. The Bertz CT molecular complexity index is 1060. The number of carbonyl (C=O) groups is 2. The van der Waals surface area contributed by atoms with Crippen LogP contribution in [0.1, 0.15) is 16.7 Å². The first-order valence-electron chi connectivity index (χ1n) is 8.22. The average molecular weight is 361 g/mol. The largest absolute Gasteiger partial charge is 0.343 e. The van der Waals surface area contributed by atoms with Crippen LogP contribution in [0.3, 0.4) is 0 Å². The van der Waals surface area contributed by atoms with Gasteiger partial charge in [0.1, 0.15) is 6.04 Å². The Kier molecular flexibility index (Phi) is 4.23. The molecule has 4 rings (SSSR count). The van der Waals surface area contributed by atoms with Gasteiger partial charge in [0.05, 0.1) is 11.6 Å². The molecule has 1 aromatic heterocycles. The fourth-order valence-electron chi connectivity index (χ4n) is 3.29. The van der Waals surface area contributed by atoms with Crippen molar-refractivity contribution in [3.8, 4) is 6.07 Å². The standard InChI is InChI=1S/C20H15N3O2S/c21-11-13-3-1-4-14(9-13)12-23-8-7-16-15(5-2-6-18(16)23)10-17-19(24)26-20(25)22-17/h1-9,17H,10,12H2,(H,22,25). The number of hydrogen-bond acceptors (Lipinski definition) is 4. The number of hydrogen-bond donors (Lipinski definition) is 1. The van der Waals surface area contributed by atoms with Gasteiger partial charge in [-0.05, 0) is 35.4 Å². The van der Waals surface area contributed by atoms with Crippen LogP contribution in [0.5, 0.6) is 0 Å². The van der Waals surface area contributed by atoms with Gasteiger partial charge in [-0.2, -0.15) is 5.26 Å². The number of carbonyl (C=O) groups excluding carboxylic acids is 2. The summed E-state index contributed by atoms with van der Waals surface area (Å²) in [6, 6.07) is 17.3. The van der Waals surface area contributed by atoms with Crippen LogP contribution in [0.2, 0.25) is 0 Å². The van der Waals surface area contributed by atoms with Crippen molar-refractivity contribution >= 4 is 33.0 Å². The zero-order chi connectivity index (χ0) is 18.1. The minimum Gasteiger partial charge on any atom is -0.343 e. The predicted octanol–water partition coefficient (Wildman–Crippen LogP) is 3.46. The van der Waals surface area contributed by atoms with Crippen molar-refractivity contribution in [1.82, 2.24) is 9.88 Å². The topological polar surface area (TPSA) is 74.9 Å². The van der Waals surface area contributed by atoms with E-state index in [4.69, 9.17) is 5.26 Å². The molecule has 26 heavy (non-hydrogen) atoms. The number of aromatic nitrogens is 1. The molecule has 1 unspecified atom stereocenters. The first kappa shape index (κ1) is 16.4. The van der Waals surface area contributed by atoms with E-state index in [-0.39, 0.29) is 10.4 Å². The molecule has 2 heterocycles. The molecule has 5 nitrogen and oxygen atoms in total. The lowest BCUT2D eigenvalue weighted by molar-refractivity contribution is -0.112. The van der Waals surface area contributed by atoms with E-state index in [2.05, 4.69) is 16.0 Å². The molecule has 0 aliphatic carbocycles. The quantitative estimate of drug-likeness (QED) is 0.772. The SMILES string of the molecule is N#Cc1cccc(Cn2ccc3c(CC4NC(=O)SC4=O)cccc32)c1. The zero-order valence-corrected chi connectivity index (χ0v) is 14.6. The molecule has 1 aliphatic heterocycles. The summed E-state index contributed by atoms with van der Waals surface area (Å²) < 4.78 is 2.12. The Morgan fingerprint density at radius 1 is 1.15 bits per heavy atom. The molecule has 1 atom stereocenters. The Labute approximate surface area is 154 Å². The van der Waals surface area contributed by atoms with Crippen molar-refractivity contribution in [2.45, 2.75) is 19.0 Å². The van der Waals surface area contributed by atoms with Crippen molar-refractivity contribution in [2.75, 3.05) is 0 Å². The van der Waals surface area contributed by atoms with E-state index in [0.717, 1.165) is 33.8 Å². The van der Waals surface area contributed by atoms with Crippen molar-refractivity contribution in [2.24, 2.45) is 0 Å². The van der Waals surface area contributed by atoms with Gasteiger partial charge in [0.2, 0.25) is 5.12 Å². The van der Waals surface area contributed by atoms with Crippen molar-refractivity contribution in [3.63, 3.8) is 0 Å². The fraction of sp³-hybridized carbons (Fsp3) is 0.150. The molecule has 1 fully saturated rings. The molecule has 0 saturated carbocycles. The van der Waals surface area contributed by atoms with Gasteiger partial charge in [0.25, 0.3) is 5.24 Å². The minimum absolute atomic E-state index is 0.125. The van der Waals surface area contributed by atoms with E-state index in [1.54, 1.807) is 6.07 Å². The first-order chi connectivity index (χ1) is 12.6. The monoisotopic (exact) mass is 361 g/mol. The summed E-state index contributed by atoms with van der Waals surface area (Å²) in [5, 5.41) is 12.4. The van der Waals surface area contributed by atoms with Crippen molar-refractivity contribution < 1.29 is 9.59 Å². The van der Waals surface area contributed by atoms with E-state index in [0.29, 0.717) is 18.5 Å². The number of thioether (sulfide) groups is 1. The lowest BCUT2D eigenvalue weighted by Gasteiger charge is -2.10. The van der Waals surface area contributed by atoms with E-state index < -0.39 is 6.04 Å². The molecule has 1 amide bonds. The molecule has 128 valence electrons. The fourth-order valence-corrected chi connectivity index (χ4v) is 3.95. The molecule has 0 radical (unpaired) electrons. The Morgan fingerprint density at radius 2 is 2.00 bits per heavy atom. The zero-order valence-electron chi connectivity index (χ0n) is 13.8. The summed E-state index contributed by atoms with van der Waals surface area (Å²) in [6.45, 7) is 0.664. The highest BCUT2D eigenvalue weighted by Crippen LogP contribution is 2.25. The number of nitrogens with zero attached hydrogens (tertiary/aromatic N) is 2. The minimum atomic E-state index is -0.464. The maximum absolute atomic E-state index is 11.9. The summed E-state index contributed by atoms with van der Waals surface area (Å²) in [4.78, 5) is 23.3. The van der Waals surface area contributed by atoms with Gasteiger partial charge in [0, 0.05) is 41.8 Å². The maximum Gasteiger partial charge on any atom is 0.287 e. The molecule has 0 bridgehead atoms. The molecular formula is C20H15N3O2S. The summed E-state index contributed by atoms with van der Waals surface area (Å²) in [6.07, 6.45) is 2.50. The van der Waals surface area contributed by atoms with Gasteiger partial charge in [-0.15, -0.1) is 0 Å². The Hall–Kier alpha value is -3.04. The first-order valence-corrected chi connectivity index (χ1v) is 9.03. The van der Waals surface area contributed by atoms with Gasteiger partial charge in [-0.3, -0.25) is 9.59 Å². The summed E-state index contributed by atoms with van der Waals surface area (Å²) in [7, 11) is 0.